The first-order valence-corrected chi connectivity index (χ1v) is 3.51. The number of unbranched alkanes of at least 4 members (excludes halogenated alkanes) is 1. The summed E-state index contributed by atoms with van der Waals surface area (Å²) in [6.07, 6.45) is 2.36. The minimum absolute atomic E-state index is 0. The first-order valence-electron chi connectivity index (χ1n) is 2.98. The quantitative estimate of drug-likeness (QED) is 0.463. The van der Waals surface area contributed by atoms with Crippen LogP contribution < -0.4 is 0 Å². The Hall–Kier alpha value is 0.540. The van der Waals surface area contributed by atoms with E-state index in [9.17, 15) is 0 Å². The molecule has 0 atom stereocenters. The highest BCUT2D eigenvalue weighted by Crippen LogP contribution is 1.91. The average Bonchev–Trinajstić information content (AvgIpc) is 1.66. The fourth-order valence-electron chi connectivity index (χ4n) is 0.523. The second-order valence-corrected chi connectivity index (χ2v) is 2.58. The minimum Gasteiger partial charge on any atom is -0.309 e. The fourth-order valence-corrected chi connectivity index (χ4v) is 0.712. The van der Waals surface area contributed by atoms with E-state index in [0.29, 0.717) is 0 Å². The normalized spacial score (nSPS) is 9.33. The molecule has 0 aromatic heterocycles. The van der Waals surface area contributed by atoms with Crippen LogP contribution in [0.5, 0.6) is 0 Å². The molecule has 1 nitrogen and oxygen atoms in total. The highest BCUT2D eigenvalue weighted by molar-refractivity contribution is 6.17. The predicted octanol–water partition coefficient (Wildman–Crippen LogP) is 1.99. The molecule has 0 N–H and O–H groups in total. The first-order chi connectivity index (χ1) is 3.77. The van der Waals surface area contributed by atoms with Crippen molar-refractivity contribution in [2.24, 2.45) is 0 Å². The molecule has 0 rings (SSSR count). The molecule has 0 radical (unpaired) electrons. The number of alkyl halides is 1. The van der Waals surface area contributed by atoms with Gasteiger partial charge in [-0.05, 0) is 33.5 Å². The number of hydrogen-bond donors (Lipinski definition) is 0. The molecule has 0 saturated heterocycles. The summed E-state index contributed by atoms with van der Waals surface area (Å²) in [6.45, 7) is 1.16. The molecular weight excluding hydrogens is 157 g/mol. The second-order valence-electron chi connectivity index (χ2n) is 2.20. The molecule has 3 heteroatoms. The summed E-state index contributed by atoms with van der Waals surface area (Å²) in [5.41, 5.74) is 0. The number of hydrogen-bond acceptors (Lipinski definition) is 1. The lowest BCUT2D eigenvalue weighted by atomic mass is 10.3. The molecule has 0 aromatic carbocycles. The Bertz CT molecular complexity index is 48.3. The van der Waals surface area contributed by atoms with E-state index in [4.69, 9.17) is 11.6 Å². The van der Waals surface area contributed by atoms with Crippen molar-refractivity contribution in [2.45, 2.75) is 12.8 Å². The van der Waals surface area contributed by atoms with Gasteiger partial charge in [0.05, 0.1) is 0 Å². The molecule has 0 heterocycles. The third kappa shape index (κ3) is 11.9. The number of nitrogens with zero attached hydrogens (tertiary/aromatic N) is 1. The summed E-state index contributed by atoms with van der Waals surface area (Å²) in [7, 11) is 4.16. The van der Waals surface area contributed by atoms with Crippen molar-refractivity contribution in [1.29, 1.82) is 0 Å². The largest absolute Gasteiger partial charge is 0.309 e. The molecule has 0 aromatic rings. The van der Waals surface area contributed by atoms with Crippen molar-refractivity contribution in [2.75, 3.05) is 26.5 Å². The van der Waals surface area contributed by atoms with Crippen molar-refractivity contribution in [1.82, 2.24) is 4.90 Å². The number of rotatable bonds is 4. The Kier molecular flexibility index (Phi) is 11.6. The lowest BCUT2D eigenvalue weighted by Gasteiger charge is -2.06. The molecule has 0 unspecified atom stereocenters. The molecule has 58 valence electrons. The van der Waals surface area contributed by atoms with Crippen molar-refractivity contribution < 1.29 is 0 Å². The zero-order chi connectivity index (χ0) is 6.41. The van der Waals surface area contributed by atoms with E-state index in [1.165, 1.54) is 6.42 Å². The van der Waals surface area contributed by atoms with E-state index in [1.807, 2.05) is 0 Å². The van der Waals surface area contributed by atoms with Gasteiger partial charge in [0.15, 0.2) is 0 Å². The lowest BCUT2D eigenvalue weighted by molar-refractivity contribution is 0.398. The smallest absolute Gasteiger partial charge is 0.0223 e. The van der Waals surface area contributed by atoms with E-state index in [1.54, 1.807) is 0 Å². The van der Waals surface area contributed by atoms with Gasteiger partial charge in [-0.15, -0.1) is 24.0 Å². The third-order valence-electron chi connectivity index (χ3n) is 0.989. The first kappa shape index (κ1) is 12.2. The highest BCUT2D eigenvalue weighted by Gasteiger charge is 1.87. The van der Waals surface area contributed by atoms with Gasteiger partial charge in [-0.1, -0.05) is 0 Å². The highest BCUT2D eigenvalue weighted by atomic mass is 35.5. The van der Waals surface area contributed by atoms with E-state index in [0.717, 1.165) is 18.8 Å². The van der Waals surface area contributed by atoms with E-state index >= 15 is 0 Å². The van der Waals surface area contributed by atoms with Crippen molar-refractivity contribution in [3.8, 4) is 0 Å². The zero-order valence-electron chi connectivity index (χ0n) is 6.06. The molecule has 0 saturated carbocycles. The van der Waals surface area contributed by atoms with Crippen LogP contribution in [-0.2, 0) is 0 Å². The lowest BCUT2D eigenvalue weighted by Crippen LogP contribution is -2.12. The summed E-state index contributed by atoms with van der Waals surface area (Å²) in [5, 5.41) is 0. The van der Waals surface area contributed by atoms with E-state index in [-0.39, 0.29) is 12.4 Å². The Morgan fingerprint density at radius 2 is 1.78 bits per heavy atom. The summed E-state index contributed by atoms with van der Waals surface area (Å²) in [6, 6.07) is 0. The van der Waals surface area contributed by atoms with Crippen LogP contribution in [-0.4, -0.2) is 31.4 Å². The van der Waals surface area contributed by atoms with Crippen LogP contribution in [0, 0.1) is 0 Å². The molecule has 0 amide bonds. The maximum Gasteiger partial charge on any atom is 0.0223 e. The predicted molar refractivity (Wildman–Crippen MR) is 45.8 cm³/mol. The molecule has 0 aliphatic heterocycles. The molecule has 0 aliphatic rings. The van der Waals surface area contributed by atoms with Gasteiger partial charge >= 0.3 is 0 Å². The molecule has 0 fully saturated rings. The molecular formula is C6H15Cl2N. The standard InChI is InChI=1S/C6H14ClN.ClH/c1-8(2)6-4-3-5-7;/h3-6H2,1-2H3;1H. The van der Waals surface area contributed by atoms with Crippen molar-refractivity contribution in [3.63, 3.8) is 0 Å². The monoisotopic (exact) mass is 171 g/mol. The van der Waals surface area contributed by atoms with Gasteiger partial charge in [0, 0.05) is 5.88 Å². The summed E-state index contributed by atoms with van der Waals surface area (Å²) < 4.78 is 0. The van der Waals surface area contributed by atoms with Gasteiger partial charge in [-0.25, -0.2) is 0 Å². The fraction of sp³-hybridized carbons (Fsp3) is 1.00. The van der Waals surface area contributed by atoms with E-state index in [2.05, 4.69) is 19.0 Å². The van der Waals surface area contributed by atoms with Gasteiger partial charge in [-0.3, -0.25) is 0 Å². The van der Waals surface area contributed by atoms with Crippen LogP contribution >= 0.6 is 24.0 Å². The van der Waals surface area contributed by atoms with Crippen molar-refractivity contribution in [3.05, 3.63) is 0 Å². The maximum atomic E-state index is 5.47. The summed E-state index contributed by atoms with van der Waals surface area (Å²) in [4.78, 5) is 2.17. The van der Waals surface area contributed by atoms with Crippen LogP contribution in [0.15, 0.2) is 0 Å². The van der Waals surface area contributed by atoms with Crippen LogP contribution in [0.3, 0.4) is 0 Å². The third-order valence-corrected chi connectivity index (χ3v) is 1.26. The Morgan fingerprint density at radius 1 is 1.22 bits per heavy atom. The Balaban J connectivity index is 0. The van der Waals surface area contributed by atoms with Crippen LogP contribution in [0.1, 0.15) is 12.8 Å². The average molecular weight is 172 g/mol. The van der Waals surface area contributed by atoms with E-state index < -0.39 is 0 Å². The van der Waals surface area contributed by atoms with Gasteiger partial charge in [0.1, 0.15) is 0 Å². The van der Waals surface area contributed by atoms with Crippen LogP contribution in [0.25, 0.3) is 0 Å². The van der Waals surface area contributed by atoms with Gasteiger partial charge in [0.25, 0.3) is 0 Å². The Labute approximate surface area is 68.8 Å². The molecule has 0 aliphatic carbocycles. The van der Waals surface area contributed by atoms with Gasteiger partial charge in [-0.2, -0.15) is 0 Å². The van der Waals surface area contributed by atoms with Crippen molar-refractivity contribution >= 4 is 24.0 Å². The topological polar surface area (TPSA) is 3.24 Å². The summed E-state index contributed by atoms with van der Waals surface area (Å²) in [5.74, 6) is 0.799. The SMILES string of the molecule is CN(C)CCCCCl.Cl. The van der Waals surface area contributed by atoms with Gasteiger partial charge < -0.3 is 4.90 Å². The minimum atomic E-state index is 0. The van der Waals surface area contributed by atoms with Gasteiger partial charge in [0.2, 0.25) is 0 Å². The number of halogens is 2. The second kappa shape index (κ2) is 8.54. The Morgan fingerprint density at radius 3 is 2.11 bits per heavy atom. The zero-order valence-corrected chi connectivity index (χ0v) is 7.63. The van der Waals surface area contributed by atoms with Crippen LogP contribution in [0.2, 0.25) is 0 Å². The molecule has 0 spiro atoms. The summed E-state index contributed by atoms with van der Waals surface area (Å²) >= 11 is 5.47. The maximum absolute atomic E-state index is 5.47. The van der Waals surface area contributed by atoms with Crippen LogP contribution in [0.4, 0.5) is 0 Å². The molecule has 9 heavy (non-hydrogen) atoms. The molecule has 0 bridgehead atoms.